The smallest absolute Gasteiger partial charge is 0.142 e. The van der Waals surface area contributed by atoms with Crippen molar-refractivity contribution in [2.24, 2.45) is 0 Å². The lowest BCUT2D eigenvalue weighted by atomic mass is 9.77. The van der Waals surface area contributed by atoms with Crippen molar-refractivity contribution in [1.29, 1.82) is 0 Å². The second kappa shape index (κ2) is 6.56. The van der Waals surface area contributed by atoms with E-state index in [4.69, 9.17) is 4.18 Å². The van der Waals surface area contributed by atoms with Crippen LogP contribution in [0.2, 0.25) is 0 Å². The first-order valence-corrected chi connectivity index (χ1v) is 9.21. The fraction of sp³-hybridized carbons (Fsp3) is 0.632. The summed E-state index contributed by atoms with van der Waals surface area (Å²) in [7, 11) is -0.340. The zero-order chi connectivity index (χ0) is 16.4. The third-order valence-electron chi connectivity index (χ3n) is 4.58. The summed E-state index contributed by atoms with van der Waals surface area (Å²) in [5, 5.41) is 0. The molecule has 21 heavy (non-hydrogen) atoms. The minimum atomic E-state index is -0.340. The predicted molar refractivity (Wildman–Crippen MR) is 98.9 cm³/mol. The maximum Gasteiger partial charge on any atom is 0.142 e. The van der Waals surface area contributed by atoms with E-state index in [2.05, 4.69) is 73.4 Å². The lowest BCUT2D eigenvalue weighted by molar-refractivity contribution is 0.437. The monoisotopic (exact) mass is 308 g/mol. The molecule has 0 amide bonds. The zero-order valence-corrected chi connectivity index (χ0v) is 15.9. The SMILES string of the molecule is C=S(Oc1c(C)cc(C(C)(CC)CC)cc1C)C(C)(C)C. The van der Waals surface area contributed by atoms with Crippen LogP contribution in [0.1, 0.15) is 71.1 Å². The number of benzene rings is 1. The van der Waals surface area contributed by atoms with Crippen LogP contribution in [0.3, 0.4) is 0 Å². The first-order valence-electron chi connectivity index (χ1n) is 7.89. The van der Waals surface area contributed by atoms with E-state index in [1.807, 2.05) is 0 Å². The third kappa shape index (κ3) is 4.12. The van der Waals surface area contributed by atoms with Crippen LogP contribution in [0.15, 0.2) is 12.1 Å². The third-order valence-corrected chi connectivity index (χ3v) is 6.32. The highest BCUT2D eigenvalue weighted by Crippen LogP contribution is 2.39. The Bertz CT molecular complexity index is 496. The van der Waals surface area contributed by atoms with E-state index in [0.717, 1.165) is 18.6 Å². The molecule has 1 aromatic rings. The zero-order valence-electron chi connectivity index (χ0n) is 15.1. The summed E-state index contributed by atoms with van der Waals surface area (Å²) < 4.78 is 6.26. The average molecular weight is 309 g/mol. The largest absolute Gasteiger partial charge is 0.434 e. The number of hydrogen-bond donors (Lipinski definition) is 0. The first kappa shape index (κ1) is 18.3. The van der Waals surface area contributed by atoms with Crippen LogP contribution in [0.4, 0.5) is 0 Å². The quantitative estimate of drug-likeness (QED) is 0.591. The van der Waals surface area contributed by atoms with Crippen molar-refractivity contribution in [3.63, 3.8) is 0 Å². The van der Waals surface area contributed by atoms with Crippen molar-refractivity contribution in [3.05, 3.63) is 28.8 Å². The van der Waals surface area contributed by atoms with Crippen LogP contribution in [0.5, 0.6) is 5.75 Å². The predicted octanol–water partition coefficient (Wildman–Crippen LogP) is 6.17. The van der Waals surface area contributed by atoms with Crippen LogP contribution in [-0.4, -0.2) is 10.6 Å². The van der Waals surface area contributed by atoms with E-state index >= 15 is 0 Å². The van der Waals surface area contributed by atoms with Crippen molar-refractivity contribution in [2.45, 2.75) is 78.4 Å². The molecule has 1 unspecified atom stereocenters. The van der Waals surface area contributed by atoms with E-state index in [0.29, 0.717) is 0 Å². The Kier molecular flexibility index (Phi) is 5.71. The Balaban J connectivity index is 3.21. The molecule has 0 aromatic heterocycles. The van der Waals surface area contributed by atoms with E-state index in [1.54, 1.807) is 0 Å². The normalized spacial score (nSPS) is 14.1. The highest BCUT2D eigenvalue weighted by atomic mass is 32.2. The van der Waals surface area contributed by atoms with E-state index in [1.165, 1.54) is 16.7 Å². The molecule has 0 spiro atoms. The lowest BCUT2D eigenvalue weighted by Crippen LogP contribution is -2.20. The fourth-order valence-electron chi connectivity index (χ4n) is 2.31. The summed E-state index contributed by atoms with van der Waals surface area (Å²) in [4.78, 5) is 0. The molecule has 1 atom stereocenters. The van der Waals surface area contributed by atoms with E-state index in [9.17, 15) is 0 Å². The van der Waals surface area contributed by atoms with Crippen LogP contribution in [0, 0.1) is 13.8 Å². The van der Waals surface area contributed by atoms with E-state index in [-0.39, 0.29) is 20.9 Å². The molecule has 0 saturated carbocycles. The Morgan fingerprint density at radius 2 is 1.43 bits per heavy atom. The van der Waals surface area contributed by atoms with E-state index < -0.39 is 0 Å². The topological polar surface area (TPSA) is 9.23 Å². The molecule has 1 aromatic carbocycles. The van der Waals surface area contributed by atoms with Crippen molar-refractivity contribution in [2.75, 3.05) is 0 Å². The summed E-state index contributed by atoms with van der Waals surface area (Å²) in [5.74, 6) is 5.21. The molecule has 1 nitrogen and oxygen atoms in total. The molecule has 0 N–H and O–H groups in total. The summed E-state index contributed by atoms with van der Waals surface area (Å²) in [6.07, 6.45) is 2.31. The van der Waals surface area contributed by atoms with Gasteiger partial charge in [0, 0.05) is 4.75 Å². The van der Waals surface area contributed by atoms with Gasteiger partial charge in [-0.1, -0.05) is 32.9 Å². The molecule has 120 valence electrons. The van der Waals surface area contributed by atoms with Crippen LogP contribution in [-0.2, 0) is 5.41 Å². The van der Waals surface area contributed by atoms with Gasteiger partial charge in [0.25, 0.3) is 0 Å². The van der Waals surface area contributed by atoms with Crippen molar-refractivity contribution < 1.29 is 4.18 Å². The van der Waals surface area contributed by atoms with Gasteiger partial charge in [-0.2, -0.15) is 0 Å². The minimum absolute atomic E-state index is 0.0684. The van der Waals surface area contributed by atoms with Gasteiger partial charge in [-0.25, -0.2) is 0 Å². The number of hydrogen-bond acceptors (Lipinski definition) is 1. The van der Waals surface area contributed by atoms with Gasteiger partial charge >= 0.3 is 0 Å². The molecule has 0 bridgehead atoms. The standard InChI is InChI=1S/C19H32OS/c1-10-19(8,11-2)16-12-14(3)17(15(4)13-16)20-21(9)18(5,6)7/h12-13H,9-11H2,1-8H3. The Morgan fingerprint density at radius 3 is 1.76 bits per heavy atom. The Morgan fingerprint density at radius 1 is 1.00 bits per heavy atom. The van der Waals surface area contributed by atoms with Crippen LogP contribution >= 0.6 is 10.8 Å². The molecule has 0 aliphatic carbocycles. The van der Waals surface area contributed by atoms with Crippen LogP contribution < -0.4 is 4.18 Å². The maximum absolute atomic E-state index is 6.19. The molecule has 1 rings (SSSR count). The van der Waals surface area contributed by atoms with Gasteiger partial charge in [-0.15, -0.1) is 0 Å². The highest BCUT2D eigenvalue weighted by Gasteiger charge is 2.24. The summed E-state index contributed by atoms with van der Waals surface area (Å²) >= 11 is 0. The van der Waals surface area contributed by atoms with Gasteiger partial charge in [-0.3, -0.25) is 0 Å². The molecule has 0 radical (unpaired) electrons. The molecule has 0 aliphatic rings. The number of rotatable bonds is 5. The molecule has 0 aliphatic heterocycles. The average Bonchev–Trinajstić information content (AvgIpc) is 2.40. The second-order valence-electron chi connectivity index (χ2n) is 7.25. The van der Waals surface area contributed by atoms with Gasteiger partial charge in [0.05, 0.1) is 0 Å². The summed E-state index contributed by atoms with van der Waals surface area (Å²) in [6.45, 7) is 17.7. The summed E-state index contributed by atoms with van der Waals surface area (Å²) in [5.41, 5.74) is 4.13. The minimum Gasteiger partial charge on any atom is -0.434 e. The fourth-order valence-corrected chi connectivity index (χ4v) is 3.03. The van der Waals surface area contributed by atoms with Gasteiger partial charge < -0.3 is 4.18 Å². The first-order chi connectivity index (χ1) is 9.55. The molecule has 0 saturated heterocycles. The molecular weight excluding hydrogens is 276 g/mol. The van der Waals surface area contributed by atoms with Crippen molar-refractivity contribution >= 4 is 16.6 Å². The molecule has 0 fully saturated rings. The second-order valence-corrected chi connectivity index (χ2v) is 9.33. The van der Waals surface area contributed by atoms with Gasteiger partial charge in [0.15, 0.2) is 0 Å². The number of aryl methyl sites for hydroxylation is 2. The van der Waals surface area contributed by atoms with Crippen molar-refractivity contribution in [1.82, 2.24) is 0 Å². The van der Waals surface area contributed by atoms with Gasteiger partial charge in [-0.05, 0) is 86.2 Å². The maximum atomic E-state index is 6.19. The van der Waals surface area contributed by atoms with Crippen molar-refractivity contribution in [3.8, 4) is 5.75 Å². The molecule has 2 heteroatoms. The molecule has 0 heterocycles. The Hall–Kier alpha value is -0.760. The Labute approximate surface area is 134 Å². The molecular formula is C19H32OS. The highest BCUT2D eigenvalue weighted by molar-refractivity contribution is 8.11. The lowest BCUT2D eigenvalue weighted by Gasteiger charge is -2.30. The van der Waals surface area contributed by atoms with Gasteiger partial charge in [0.1, 0.15) is 5.75 Å². The van der Waals surface area contributed by atoms with Gasteiger partial charge in [0.2, 0.25) is 0 Å². The summed E-state index contributed by atoms with van der Waals surface area (Å²) in [6, 6.07) is 4.60. The van der Waals surface area contributed by atoms with Crippen LogP contribution in [0.25, 0.3) is 0 Å².